The van der Waals surface area contributed by atoms with E-state index in [9.17, 15) is 0 Å². The third-order valence-electron chi connectivity index (χ3n) is 6.87. The predicted molar refractivity (Wildman–Crippen MR) is 114 cm³/mol. The van der Waals surface area contributed by atoms with Crippen LogP contribution in [-0.4, -0.2) is 4.68 Å². The van der Waals surface area contributed by atoms with E-state index in [4.69, 9.17) is 4.42 Å². The van der Waals surface area contributed by atoms with Crippen LogP contribution in [0.3, 0.4) is 0 Å². The van der Waals surface area contributed by atoms with E-state index >= 15 is 0 Å². The maximum Gasteiger partial charge on any atom is 0.195 e. The zero-order chi connectivity index (χ0) is 19.8. The van der Waals surface area contributed by atoms with Crippen LogP contribution in [0.5, 0.6) is 0 Å². The van der Waals surface area contributed by atoms with Crippen LogP contribution in [0.15, 0.2) is 47.1 Å². The summed E-state index contributed by atoms with van der Waals surface area (Å²) < 4.78 is 10.9. The molecule has 28 heavy (non-hydrogen) atoms. The van der Waals surface area contributed by atoms with E-state index in [1.165, 1.54) is 46.0 Å². The Morgan fingerprint density at radius 3 is 2.32 bits per heavy atom. The summed E-state index contributed by atoms with van der Waals surface area (Å²) in [5.41, 5.74) is 7.75. The Balaban J connectivity index is 2.09. The largest absolute Gasteiger partial charge is 0.454 e. The molecule has 144 valence electrons. The summed E-state index contributed by atoms with van der Waals surface area (Å²) in [7, 11) is 2.09. The van der Waals surface area contributed by atoms with Crippen LogP contribution in [0.2, 0.25) is 0 Å². The number of para-hydroxylation sites is 1. The highest BCUT2D eigenvalue weighted by molar-refractivity contribution is 6.11. The number of hydrogen-bond donors (Lipinski definition) is 0. The fourth-order valence-electron chi connectivity index (χ4n) is 5.39. The molecule has 0 saturated carbocycles. The van der Waals surface area contributed by atoms with Crippen LogP contribution in [0.25, 0.3) is 27.6 Å². The second kappa shape index (κ2) is 5.50. The van der Waals surface area contributed by atoms with Gasteiger partial charge >= 0.3 is 0 Å². The Bertz CT molecular complexity index is 1240. The van der Waals surface area contributed by atoms with Gasteiger partial charge in [0.1, 0.15) is 5.58 Å². The predicted octanol–water partition coefficient (Wildman–Crippen LogP) is 5.86. The molecule has 2 aromatic heterocycles. The lowest BCUT2D eigenvalue weighted by atomic mass is 9.61. The highest BCUT2D eigenvalue weighted by Crippen LogP contribution is 2.53. The second-order valence-corrected chi connectivity index (χ2v) is 9.70. The molecule has 0 atom stereocenters. The zero-order valence-corrected chi connectivity index (χ0v) is 17.8. The fourth-order valence-corrected chi connectivity index (χ4v) is 5.39. The van der Waals surface area contributed by atoms with Crippen molar-refractivity contribution >= 4 is 21.9 Å². The molecule has 0 bridgehead atoms. The van der Waals surface area contributed by atoms with E-state index in [1.54, 1.807) is 0 Å². The van der Waals surface area contributed by atoms with E-state index < -0.39 is 0 Å². The molecule has 5 rings (SSSR count). The first-order valence-corrected chi connectivity index (χ1v) is 10.2. The van der Waals surface area contributed by atoms with Gasteiger partial charge < -0.3 is 4.42 Å². The van der Waals surface area contributed by atoms with Gasteiger partial charge in [-0.1, -0.05) is 45.9 Å². The van der Waals surface area contributed by atoms with Crippen molar-refractivity contribution in [3.8, 4) is 5.69 Å². The second-order valence-electron chi connectivity index (χ2n) is 9.70. The normalized spacial score (nSPS) is 17.9. The van der Waals surface area contributed by atoms with Crippen molar-refractivity contribution in [3.63, 3.8) is 0 Å². The number of furan rings is 1. The van der Waals surface area contributed by atoms with Crippen LogP contribution >= 0.6 is 0 Å². The summed E-state index contributed by atoms with van der Waals surface area (Å²) >= 11 is 0. The first-order chi connectivity index (χ1) is 13.2. The highest BCUT2D eigenvalue weighted by atomic mass is 16.3. The van der Waals surface area contributed by atoms with Gasteiger partial charge in [-0.25, -0.2) is 0 Å². The van der Waals surface area contributed by atoms with Gasteiger partial charge in [-0.15, -0.1) is 9.36 Å². The summed E-state index contributed by atoms with van der Waals surface area (Å²) in [5.74, 6) is 0. The summed E-state index contributed by atoms with van der Waals surface area (Å²) in [6, 6.07) is 10.6. The molecule has 2 heterocycles. The van der Waals surface area contributed by atoms with Gasteiger partial charge in [-0.3, -0.25) is 0 Å². The molecular weight excluding hydrogens is 344 g/mol. The molecule has 1 aliphatic rings. The molecule has 0 spiro atoms. The van der Waals surface area contributed by atoms with Crippen molar-refractivity contribution < 1.29 is 9.10 Å². The molecule has 1 aliphatic carbocycles. The Morgan fingerprint density at radius 2 is 1.64 bits per heavy atom. The third kappa shape index (κ3) is 2.19. The van der Waals surface area contributed by atoms with Crippen molar-refractivity contribution in [1.82, 2.24) is 4.68 Å². The number of rotatable bonds is 1. The number of aryl methyl sites for hydroxylation is 1. The lowest BCUT2D eigenvalue weighted by Crippen LogP contribution is -2.39. The fraction of sp³-hybridized carbons (Fsp3) is 0.400. The van der Waals surface area contributed by atoms with E-state index in [1.807, 2.05) is 0 Å². The SMILES string of the molecule is Cc1c2c(c3c(oc4ccccc43)c1-n1ccc[n+]1C)C(C)(C)CCC2(C)C. The van der Waals surface area contributed by atoms with Gasteiger partial charge in [0.25, 0.3) is 0 Å². The lowest BCUT2D eigenvalue weighted by Gasteiger charge is -2.43. The third-order valence-corrected chi connectivity index (χ3v) is 6.87. The van der Waals surface area contributed by atoms with Gasteiger partial charge in [-0.05, 0) is 53.4 Å². The first kappa shape index (κ1) is 17.5. The molecule has 2 aromatic carbocycles. The molecular formula is C25H29N2O+. The minimum atomic E-state index is 0.123. The van der Waals surface area contributed by atoms with Crippen molar-refractivity contribution in [2.75, 3.05) is 0 Å². The van der Waals surface area contributed by atoms with Crippen molar-refractivity contribution in [3.05, 3.63) is 59.4 Å². The summed E-state index contributed by atoms with van der Waals surface area (Å²) in [4.78, 5) is 0. The standard InChI is InChI=1S/C25H29N2O/c1-16-20-21(25(4,5)13-12-24(20,2)3)19-17-10-7-8-11-18(17)28-23(19)22(16)27-15-9-14-26(27)6/h7-11,14-15H,12-13H2,1-6H3/q+1. The highest BCUT2D eigenvalue weighted by Gasteiger charge is 2.42. The van der Waals surface area contributed by atoms with E-state index in [0.717, 1.165) is 11.2 Å². The molecule has 0 saturated heterocycles. The van der Waals surface area contributed by atoms with Crippen LogP contribution < -0.4 is 4.68 Å². The smallest absolute Gasteiger partial charge is 0.195 e. The minimum Gasteiger partial charge on any atom is -0.454 e. The number of benzene rings is 2. The molecule has 0 unspecified atom stereocenters. The minimum absolute atomic E-state index is 0.123. The number of hydrogen-bond acceptors (Lipinski definition) is 1. The van der Waals surface area contributed by atoms with Gasteiger partial charge in [0, 0.05) is 16.8 Å². The van der Waals surface area contributed by atoms with Gasteiger partial charge in [0.15, 0.2) is 24.5 Å². The number of aromatic nitrogens is 2. The van der Waals surface area contributed by atoms with Crippen molar-refractivity contribution in [1.29, 1.82) is 0 Å². The molecule has 3 heteroatoms. The molecule has 0 fully saturated rings. The molecule has 0 N–H and O–H groups in total. The van der Waals surface area contributed by atoms with Crippen LogP contribution in [0.1, 0.15) is 57.2 Å². The molecule has 4 aromatic rings. The number of nitrogens with zero attached hydrogens (tertiary/aromatic N) is 2. The first-order valence-electron chi connectivity index (χ1n) is 10.2. The maximum absolute atomic E-state index is 6.54. The Labute approximate surface area is 166 Å². The Kier molecular flexibility index (Phi) is 3.44. The Hall–Kier alpha value is -2.55. The summed E-state index contributed by atoms with van der Waals surface area (Å²) in [6.07, 6.45) is 6.61. The van der Waals surface area contributed by atoms with E-state index in [2.05, 4.69) is 93.8 Å². The quantitative estimate of drug-likeness (QED) is 0.383. The average molecular weight is 374 g/mol. The summed E-state index contributed by atoms with van der Waals surface area (Å²) in [6.45, 7) is 11.9. The van der Waals surface area contributed by atoms with E-state index in [-0.39, 0.29) is 10.8 Å². The monoisotopic (exact) mass is 373 g/mol. The molecule has 0 aliphatic heterocycles. The maximum atomic E-state index is 6.54. The molecule has 0 amide bonds. The number of fused-ring (bicyclic) bond motifs is 5. The molecule has 3 nitrogen and oxygen atoms in total. The Morgan fingerprint density at radius 1 is 0.964 bits per heavy atom. The van der Waals surface area contributed by atoms with Crippen LogP contribution in [-0.2, 0) is 17.9 Å². The van der Waals surface area contributed by atoms with Crippen molar-refractivity contribution in [2.24, 2.45) is 7.05 Å². The van der Waals surface area contributed by atoms with Gasteiger partial charge in [-0.2, -0.15) is 0 Å². The van der Waals surface area contributed by atoms with Crippen LogP contribution in [0, 0.1) is 6.92 Å². The van der Waals surface area contributed by atoms with Gasteiger partial charge in [0.05, 0.1) is 6.20 Å². The van der Waals surface area contributed by atoms with Crippen molar-refractivity contribution in [2.45, 2.75) is 58.3 Å². The van der Waals surface area contributed by atoms with Crippen LogP contribution in [0.4, 0.5) is 0 Å². The lowest BCUT2D eigenvalue weighted by molar-refractivity contribution is -0.744. The topological polar surface area (TPSA) is 21.9 Å². The average Bonchev–Trinajstić information content (AvgIpc) is 3.22. The molecule has 0 radical (unpaired) electrons. The van der Waals surface area contributed by atoms with E-state index in [0.29, 0.717) is 0 Å². The van der Waals surface area contributed by atoms with Gasteiger partial charge in [0.2, 0.25) is 0 Å². The summed E-state index contributed by atoms with van der Waals surface area (Å²) in [5, 5.41) is 2.54. The zero-order valence-electron chi connectivity index (χ0n) is 17.8.